The zero-order chi connectivity index (χ0) is 12.8. The average molecular weight is 251 g/mol. The van der Waals surface area contributed by atoms with Crippen molar-refractivity contribution in [2.75, 3.05) is 6.61 Å². The van der Waals surface area contributed by atoms with Crippen LogP contribution in [0.25, 0.3) is 0 Å². The van der Waals surface area contributed by atoms with Gasteiger partial charge in [-0.25, -0.2) is 0 Å². The zero-order valence-corrected chi connectivity index (χ0v) is 10.4. The molecule has 2 aliphatic rings. The Bertz CT molecular complexity index is 469. The number of nitrogens with zero attached hydrogens (tertiary/aromatic N) is 3. The smallest absolute Gasteiger partial charge is 0.312 e. The second-order valence-electron chi connectivity index (χ2n) is 5.40. The van der Waals surface area contributed by atoms with Crippen LogP contribution < -0.4 is 0 Å². The second-order valence-corrected chi connectivity index (χ2v) is 5.40. The third-order valence-electron chi connectivity index (χ3n) is 4.01. The molecule has 3 rings (SSSR count). The van der Waals surface area contributed by atoms with Gasteiger partial charge >= 0.3 is 5.97 Å². The minimum atomic E-state index is -0.808. The molecule has 1 saturated heterocycles. The lowest BCUT2D eigenvalue weighted by molar-refractivity contribution is -0.153. The van der Waals surface area contributed by atoms with Crippen LogP contribution in [0, 0.1) is 11.3 Å². The number of ether oxygens (including phenoxy) is 1. The van der Waals surface area contributed by atoms with Gasteiger partial charge in [0.25, 0.3) is 0 Å². The summed E-state index contributed by atoms with van der Waals surface area (Å²) < 4.78 is 7.30. The maximum absolute atomic E-state index is 11.7. The predicted molar refractivity (Wildman–Crippen MR) is 61.9 cm³/mol. The molecule has 6 heteroatoms. The lowest BCUT2D eigenvalue weighted by Gasteiger charge is -2.29. The summed E-state index contributed by atoms with van der Waals surface area (Å²) in [6, 6.07) is 0. The number of carboxylic acids is 1. The van der Waals surface area contributed by atoms with Crippen LogP contribution in [0.15, 0.2) is 6.20 Å². The van der Waals surface area contributed by atoms with Crippen LogP contribution in [-0.2, 0) is 23.0 Å². The van der Waals surface area contributed by atoms with E-state index in [9.17, 15) is 9.90 Å². The van der Waals surface area contributed by atoms with Crippen LogP contribution in [0.3, 0.4) is 0 Å². The van der Waals surface area contributed by atoms with Crippen molar-refractivity contribution in [1.29, 1.82) is 0 Å². The van der Waals surface area contributed by atoms with Crippen LogP contribution in [0.5, 0.6) is 0 Å². The van der Waals surface area contributed by atoms with Crippen molar-refractivity contribution in [2.45, 2.75) is 31.8 Å². The molecule has 6 nitrogen and oxygen atoms in total. The summed E-state index contributed by atoms with van der Waals surface area (Å²) in [7, 11) is 1.79. The first-order valence-electron chi connectivity index (χ1n) is 6.32. The summed E-state index contributed by atoms with van der Waals surface area (Å²) in [5.41, 5.74) is -0.0759. The van der Waals surface area contributed by atoms with E-state index in [0.717, 1.165) is 18.5 Å². The first-order chi connectivity index (χ1) is 8.62. The fraction of sp³-hybridized carbons (Fsp3) is 0.750. The SMILES string of the molecule is Cn1cc(CC2(C(=O)O)CCOC2C2CC2)nn1. The summed E-state index contributed by atoms with van der Waals surface area (Å²) >= 11 is 0. The van der Waals surface area contributed by atoms with Gasteiger partial charge in [-0.15, -0.1) is 5.10 Å². The number of rotatable bonds is 4. The summed E-state index contributed by atoms with van der Waals surface area (Å²) in [5.74, 6) is -0.345. The number of carbonyl (C=O) groups is 1. The molecule has 2 heterocycles. The fourth-order valence-corrected chi connectivity index (χ4v) is 2.95. The van der Waals surface area contributed by atoms with Gasteiger partial charge in [0.15, 0.2) is 0 Å². The Hall–Kier alpha value is -1.43. The summed E-state index contributed by atoms with van der Waals surface area (Å²) in [6.45, 7) is 0.535. The molecule has 18 heavy (non-hydrogen) atoms. The monoisotopic (exact) mass is 251 g/mol. The highest BCUT2D eigenvalue weighted by atomic mass is 16.5. The number of aromatic nitrogens is 3. The van der Waals surface area contributed by atoms with Crippen molar-refractivity contribution in [1.82, 2.24) is 15.0 Å². The van der Waals surface area contributed by atoms with Crippen LogP contribution >= 0.6 is 0 Å². The fourth-order valence-electron chi connectivity index (χ4n) is 2.95. The van der Waals surface area contributed by atoms with Crippen molar-refractivity contribution in [3.05, 3.63) is 11.9 Å². The standard InChI is InChI=1S/C12H17N3O3/c1-15-7-9(13-14-15)6-12(11(16)17)4-5-18-10(12)8-2-3-8/h7-8,10H,2-6H2,1H3,(H,16,17). The van der Waals surface area contributed by atoms with E-state index in [1.54, 1.807) is 17.9 Å². The average Bonchev–Trinajstić information content (AvgIpc) is 2.95. The molecule has 0 bridgehead atoms. The molecule has 0 aromatic carbocycles. The van der Waals surface area contributed by atoms with Gasteiger partial charge in [0, 0.05) is 26.3 Å². The molecule has 1 N–H and O–H groups in total. The lowest BCUT2D eigenvalue weighted by atomic mass is 9.75. The number of aryl methyl sites for hydroxylation is 1. The number of hydrogen-bond donors (Lipinski definition) is 1. The van der Waals surface area contributed by atoms with E-state index in [4.69, 9.17) is 4.74 Å². The van der Waals surface area contributed by atoms with Crippen LogP contribution in [0.2, 0.25) is 0 Å². The predicted octanol–water partition coefficient (Wildman–Crippen LogP) is 0.627. The van der Waals surface area contributed by atoms with Crippen molar-refractivity contribution in [2.24, 2.45) is 18.4 Å². The van der Waals surface area contributed by atoms with Gasteiger partial charge in [-0.05, 0) is 25.2 Å². The third-order valence-corrected chi connectivity index (χ3v) is 4.01. The lowest BCUT2D eigenvalue weighted by Crippen LogP contribution is -2.42. The maximum atomic E-state index is 11.7. The first kappa shape index (κ1) is 11.6. The molecule has 98 valence electrons. The van der Waals surface area contributed by atoms with Gasteiger partial charge < -0.3 is 9.84 Å². The van der Waals surface area contributed by atoms with E-state index < -0.39 is 11.4 Å². The van der Waals surface area contributed by atoms with E-state index in [-0.39, 0.29) is 6.10 Å². The van der Waals surface area contributed by atoms with Gasteiger partial charge in [0.2, 0.25) is 0 Å². The Balaban J connectivity index is 1.88. The minimum absolute atomic E-state index is 0.156. The number of carboxylic acid groups (broad SMARTS) is 1. The zero-order valence-electron chi connectivity index (χ0n) is 10.4. The van der Waals surface area contributed by atoms with Crippen LogP contribution in [-0.4, -0.2) is 38.8 Å². The van der Waals surface area contributed by atoms with E-state index in [2.05, 4.69) is 10.3 Å². The second kappa shape index (κ2) is 4.05. The van der Waals surface area contributed by atoms with E-state index in [1.807, 2.05) is 0 Å². The first-order valence-corrected chi connectivity index (χ1v) is 6.32. The molecule has 0 radical (unpaired) electrons. The Morgan fingerprint density at radius 3 is 3.00 bits per heavy atom. The molecule has 2 atom stereocenters. The molecule has 2 unspecified atom stereocenters. The summed E-state index contributed by atoms with van der Waals surface area (Å²) in [4.78, 5) is 11.7. The van der Waals surface area contributed by atoms with Gasteiger partial charge in [0.05, 0.1) is 11.8 Å². The molecular formula is C12H17N3O3. The molecule has 1 aromatic heterocycles. The number of hydrogen-bond acceptors (Lipinski definition) is 4. The molecule has 1 aliphatic carbocycles. The Kier molecular flexibility index (Phi) is 2.62. The van der Waals surface area contributed by atoms with Crippen molar-refractivity contribution >= 4 is 5.97 Å². The number of aliphatic carboxylic acids is 1. The Labute approximate surface area is 105 Å². The van der Waals surface area contributed by atoms with E-state index in [0.29, 0.717) is 25.4 Å². The molecule has 0 amide bonds. The normalized spacial score (nSPS) is 31.7. The van der Waals surface area contributed by atoms with Crippen molar-refractivity contribution in [3.8, 4) is 0 Å². The maximum Gasteiger partial charge on any atom is 0.312 e. The molecule has 1 aliphatic heterocycles. The van der Waals surface area contributed by atoms with E-state index in [1.165, 1.54) is 0 Å². The van der Waals surface area contributed by atoms with E-state index >= 15 is 0 Å². The molecule has 0 spiro atoms. The minimum Gasteiger partial charge on any atom is -0.481 e. The highest BCUT2D eigenvalue weighted by molar-refractivity contribution is 5.76. The Morgan fingerprint density at radius 1 is 1.67 bits per heavy atom. The summed E-state index contributed by atoms with van der Waals surface area (Å²) in [5, 5.41) is 17.5. The van der Waals surface area contributed by atoms with Crippen LogP contribution in [0.4, 0.5) is 0 Å². The molecular weight excluding hydrogens is 234 g/mol. The Morgan fingerprint density at radius 2 is 2.44 bits per heavy atom. The highest BCUT2D eigenvalue weighted by Crippen LogP contribution is 2.49. The van der Waals surface area contributed by atoms with Crippen LogP contribution in [0.1, 0.15) is 25.0 Å². The summed E-state index contributed by atoms with van der Waals surface area (Å²) in [6.07, 6.45) is 4.78. The quantitative estimate of drug-likeness (QED) is 0.849. The van der Waals surface area contributed by atoms with Gasteiger partial charge in [-0.3, -0.25) is 9.48 Å². The topological polar surface area (TPSA) is 77.2 Å². The molecule has 2 fully saturated rings. The largest absolute Gasteiger partial charge is 0.481 e. The van der Waals surface area contributed by atoms with Gasteiger partial charge in [-0.2, -0.15) is 0 Å². The van der Waals surface area contributed by atoms with Crippen molar-refractivity contribution in [3.63, 3.8) is 0 Å². The van der Waals surface area contributed by atoms with Crippen molar-refractivity contribution < 1.29 is 14.6 Å². The van der Waals surface area contributed by atoms with Gasteiger partial charge in [0.1, 0.15) is 5.41 Å². The molecule has 1 saturated carbocycles. The highest BCUT2D eigenvalue weighted by Gasteiger charge is 2.56. The molecule has 1 aromatic rings. The third kappa shape index (κ3) is 1.80. The van der Waals surface area contributed by atoms with Gasteiger partial charge in [-0.1, -0.05) is 5.21 Å².